The summed E-state index contributed by atoms with van der Waals surface area (Å²) in [4.78, 5) is 24.0. The molecule has 0 aromatic carbocycles. The Bertz CT molecular complexity index is 240. The van der Waals surface area contributed by atoms with Crippen LogP contribution in [0.25, 0.3) is 0 Å². The number of hydrogen-bond donors (Lipinski definition) is 2. The number of amides is 2. The molecule has 17 heavy (non-hydrogen) atoms. The third-order valence-corrected chi connectivity index (χ3v) is 2.62. The van der Waals surface area contributed by atoms with Crippen molar-refractivity contribution in [2.24, 2.45) is 5.73 Å². The maximum Gasteiger partial charge on any atom is 0.237 e. The average Bonchev–Trinajstić information content (AvgIpc) is 2.36. The smallest absolute Gasteiger partial charge is 0.237 e. The standard InChI is InChI=1S/C10H19Cl2N3O2/c11-7-9(16)14-4-2-6-15(5-1-3-13)10(17)8-12/h1-8,13H2,(H,14,16). The lowest BCUT2D eigenvalue weighted by Crippen LogP contribution is -2.36. The Morgan fingerprint density at radius 1 is 1.12 bits per heavy atom. The van der Waals surface area contributed by atoms with Gasteiger partial charge in [0.25, 0.3) is 0 Å². The fourth-order valence-corrected chi connectivity index (χ4v) is 1.54. The number of carbonyl (C=O) groups is 2. The van der Waals surface area contributed by atoms with Crippen molar-refractivity contribution in [2.45, 2.75) is 12.8 Å². The van der Waals surface area contributed by atoms with Crippen LogP contribution >= 0.6 is 23.2 Å². The highest BCUT2D eigenvalue weighted by Crippen LogP contribution is 1.96. The van der Waals surface area contributed by atoms with Crippen LogP contribution in [0.5, 0.6) is 0 Å². The lowest BCUT2D eigenvalue weighted by molar-refractivity contribution is -0.128. The normalized spacial score (nSPS) is 10.1. The van der Waals surface area contributed by atoms with Crippen molar-refractivity contribution in [3.8, 4) is 0 Å². The number of nitrogens with one attached hydrogen (secondary N) is 1. The number of hydrogen-bond acceptors (Lipinski definition) is 3. The molecule has 0 aliphatic heterocycles. The summed E-state index contributed by atoms with van der Waals surface area (Å²) in [5.74, 6) is -0.386. The molecule has 7 heteroatoms. The molecule has 100 valence electrons. The monoisotopic (exact) mass is 283 g/mol. The number of carbonyl (C=O) groups excluding carboxylic acids is 2. The summed E-state index contributed by atoms with van der Waals surface area (Å²) in [7, 11) is 0. The summed E-state index contributed by atoms with van der Waals surface area (Å²) in [6, 6.07) is 0. The van der Waals surface area contributed by atoms with E-state index in [-0.39, 0.29) is 23.6 Å². The topological polar surface area (TPSA) is 75.4 Å². The second-order valence-electron chi connectivity index (χ2n) is 3.49. The van der Waals surface area contributed by atoms with E-state index in [9.17, 15) is 9.59 Å². The predicted molar refractivity (Wildman–Crippen MR) is 69.3 cm³/mol. The lowest BCUT2D eigenvalue weighted by Gasteiger charge is -2.21. The molecule has 0 atom stereocenters. The molecule has 3 N–H and O–H groups in total. The molecule has 0 rings (SSSR count). The minimum absolute atomic E-state index is 0.0292. The van der Waals surface area contributed by atoms with Crippen molar-refractivity contribution in [3.63, 3.8) is 0 Å². The van der Waals surface area contributed by atoms with Crippen LogP contribution in [0.3, 0.4) is 0 Å². The molecule has 0 saturated carbocycles. The molecule has 0 spiro atoms. The van der Waals surface area contributed by atoms with Crippen LogP contribution in [0.1, 0.15) is 12.8 Å². The zero-order valence-corrected chi connectivity index (χ0v) is 11.3. The molecule has 0 bridgehead atoms. The van der Waals surface area contributed by atoms with E-state index in [0.717, 1.165) is 6.42 Å². The number of nitrogens with zero attached hydrogens (tertiary/aromatic N) is 1. The van der Waals surface area contributed by atoms with Gasteiger partial charge in [-0.15, -0.1) is 23.2 Å². The zero-order valence-electron chi connectivity index (χ0n) is 9.75. The SMILES string of the molecule is NCCCN(CCCNC(=O)CCl)C(=O)CCl. The van der Waals surface area contributed by atoms with E-state index >= 15 is 0 Å². The first-order chi connectivity index (χ1) is 8.15. The molecule has 0 radical (unpaired) electrons. The van der Waals surface area contributed by atoms with E-state index in [2.05, 4.69) is 5.32 Å². The van der Waals surface area contributed by atoms with Gasteiger partial charge in [0, 0.05) is 19.6 Å². The molecular weight excluding hydrogens is 265 g/mol. The van der Waals surface area contributed by atoms with Gasteiger partial charge in [-0.1, -0.05) is 0 Å². The Hall–Kier alpha value is -0.520. The van der Waals surface area contributed by atoms with Gasteiger partial charge in [-0.05, 0) is 19.4 Å². The quantitative estimate of drug-likeness (QED) is 0.467. The van der Waals surface area contributed by atoms with E-state index < -0.39 is 0 Å². The van der Waals surface area contributed by atoms with Gasteiger partial charge in [-0.2, -0.15) is 0 Å². The molecule has 2 amide bonds. The van der Waals surface area contributed by atoms with E-state index in [1.807, 2.05) is 0 Å². The molecule has 5 nitrogen and oxygen atoms in total. The summed E-state index contributed by atoms with van der Waals surface area (Å²) in [5.41, 5.74) is 5.39. The molecule has 0 aromatic heterocycles. The summed E-state index contributed by atoms with van der Waals surface area (Å²) >= 11 is 10.8. The minimum Gasteiger partial charge on any atom is -0.355 e. The van der Waals surface area contributed by atoms with Crippen LogP contribution < -0.4 is 11.1 Å². The van der Waals surface area contributed by atoms with Gasteiger partial charge < -0.3 is 16.0 Å². The molecule has 0 aliphatic carbocycles. The van der Waals surface area contributed by atoms with E-state index in [1.54, 1.807) is 4.90 Å². The summed E-state index contributed by atoms with van der Waals surface area (Å²) in [5, 5.41) is 2.63. The Morgan fingerprint density at radius 3 is 2.29 bits per heavy atom. The number of halogens is 2. The first-order valence-corrected chi connectivity index (χ1v) is 6.59. The van der Waals surface area contributed by atoms with Gasteiger partial charge in [-0.25, -0.2) is 0 Å². The van der Waals surface area contributed by atoms with Gasteiger partial charge in [0.15, 0.2) is 0 Å². The van der Waals surface area contributed by atoms with Crippen LogP contribution in [-0.4, -0.2) is 54.7 Å². The molecular formula is C10H19Cl2N3O2. The Balaban J connectivity index is 3.83. The van der Waals surface area contributed by atoms with Gasteiger partial charge >= 0.3 is 0 Å². The second-order valence-corrected chi connectivity index (χ2v) is 4.03. The van der Waals surface area contributed by atoms with Crippen LogP contribution in [0.4, 0.5) is 0 Å². The molecule has 0 aromatic rings. The van der Waals surface area contributed by atoms with Crippen LogP contribution in [-0.2, 0) is 9.59 Å². The maximum atomic E-state index is 11.4. The van der Waals surface area contributed by atoms with Crippen LogP contribution in [0.2, 0.25) is 0 Å². The fourth-order valence-electron chi connectivity index (χ4n) is 1.27. The second kappa shape index (κ2) is 10.6. The highest BCUT2D eigenvalue weighted by molar-refractivity contribution is 6.27. The van der Waals surface area contributed by atoms with Crippen LogP contribution in [0.15, 0.2) is 0 Å². The molecule has 0 aliphatic rings. The summed E-state index contributed by atoms with van der Waals surface area (Å²) in [6.45, 7) is 2.20. The first-order valence-electron chi connectivity index (χ1n) is 5.52. The molecule has 0 unspecified atom stereocenters. The summed E-state index contributed by atoms with van der Waals surface area (Å²) in [6.07, 6.45) is 1.42. The van der Waals surface area contributed by atoms with E-state index in [4.69, 9.17) is 28.9 Å². The first kappa shape index (κ1) is 16.5. The largest absolute Gasteiger partial charge is 0.355 e. The van der Waals surface area contributed by atoms with Crippen molar-refractivity contribution in [2.75, 3.05) is 37.9 Å². The maximum absolute atomic E-state index is 11.4. The number of nitrogens with two attached hydrogens (primary N) is 1. The van der Waals surface area contributed by atoms with Crippen molar-refractivity contribution < 1.29 is 9.59 Å². The Labute approximate surface area is 112 Å². The molecule has 0 saturated heterocycles. The minimum atomic E-state index is -0.205. The highest BCUT2D eigenvalue weighted by atomic mass is 35.5. The Kier molecular flexibility index (Phi) is 10.3. The van der Waals surface area contributed by atoms with Crippen molar-refractivity contribution in [3.05, 3.63) is 0 Å². The zero-order chi connectivity index (χ0) is 13.1. The van der Waals surface area contributed by atoms with Gasteiger partial charge in [0.1, 0.15) is 11.8 Å². The highest BCUT2D eigenvalue weighted by Gasteiger charge is 2.11. The Morgan fingerprint density at radius 2 is 1.76 bits per heavy atom. The van der Waals surface area contributed by atoms with Gasteiger partial charge in [-0.3, -0.25) is 9.59 Å². The average molecular weight is 284 g/mol. The van der Waals surface area contributed by atoms with Gasteiger partial charge in [0.05, 0.1) is 0 Å². The van der Waals surface area contributed by atoms with E-state index in [0.29, 0.717) is 32.6 Å². The van der Waals surface area contributed by atoms with Crippen molar-refractivity contribution >= 4 is 35.0 Å². The van der Waals surface area contributed by atoms with Crippen molar-refractivity contribution in [1.82, 2.24) is 10.2 Å². The lowest BCUT2D eigenvalue weighted by atomic mass is 10.3. The van der Waals surface area contributed by atoms with Crippen LogP contribution in [0, 0.1) is 0 Å². The van der Waals surface area contributed by atoms with Crippen molar-refractivity contribution in [1.29, 1.82) is 0 Å². The van der Waals surface area contributed by atoms with E-state index in [1.165, 1.54) is 0 Å². The fraction of sp³-hybridized carbons (Fsp3) is 0.800. The molecule has 0 fully saturated rings. The molecule has 0 heterocycles. The summed E-state index contributed by atoms with van der Waals surface area (Å²) < 4.78 is 0. The number of rotatable bonds is 9. The van der Waals surface area contributed by atoms with Gasteiger partial charge in [0.2, 0.25) is 11.8 Å². The number of alkyl halides is 2. The predicted octanol–water partition coefficient (Wildman–Crippen LogP) is 0.148. The third kappa shape index (κ3) is 8.24. The third-order valence-electron chi connectivity index (χ3n) is 2.15.